The second kappa shape index (κ2) is 4.63. The van der Waals surface area contributed by atoms with Gasteiger partial charge in [-0.15, -0.1) is 0 Å². The molecule has 108 valence electrons. The molecule has 0 radical (unpaired) electrons. The van der Waals surface area contributed by atoms with Crippen molar-refractivity contribution in [2.24, 2.45) is 0 Å². The summed E-state index contributed by atoms with van der Waals surface area (Å²) in [6.45, 7) is 2.15. The molecule has 3 nitrogen and oxygen atoms in total. The molecule has 2 heterocycles. The summed E-state index contributed by atoms with van der Waals surface area (Å²) in [4.78, 5) is 18.8. The lowest BCUT2D eigenvalue weighted by Crippen LogP contribution is -2.23. The molecule has 1 aliphatic heterocycles. The average Bonchev–Trinajstić information content (AvgIpc) is 2.83. The number of aryl methyl sites for hydroxylation is 1. The summed E-state index contributed by atoms with van der Waals surface area (Å²) >= 11 is 0. The maximum Gasteiger partial charge on any atom is 0.259 e. The Morgan fingerprint density at radius 3 is 2.86 bits per heavy atom. The average molecular weight is 292 g/mol. The zero-order chi connectivity index (χ0) is 15.3. The molecule has 0 aliphatic carbocycles. The summed E-state index contributed by atoms with van der Waals surface area (Å²) in [5, 5.41) is 0.978. The fourth-order valence-corrected chi connectivity index (χ4v) is 3.12. The first-order valence-corrected chi connectivity index (χ1v) is 7.10. The molecule has 0 spiro atoms. The number of benzene rings is 2. The first kappa shape index (κ1) is 13.0. The maximum absolute atomic E-state index is 13.6. The number of rotatable bonds is 1. The molecule has 0 bridgehead atoms. The highest BCUT2D eigenvalue weighted by atomic mass is 19.1. The molecule has 4 rings (SSSR count). The largest absolute Gasteiger partial charge is 0.302 e. The minimum Gasteiger partial charge on any atom is -0.302 e. The third kappa shape index (κ3) is 1.80. The number of carbonyl (C=O) groups excluding carboxylic acids is 1. The number of fused-ring (bicyclic) bond motifs is 2. The molecular weight excluding hydrogens is 279 g/mol. The van der Waals surface area contributed by atoms with Crippen LogP contribution < -0.4 is 4.90 Å². The summed E-state index contributed by atoms with van der Waals surface area (Å²) in [6.07, 6.45) is 1.71. The predicted octanol–water partition coefficient (Wildman–Crippen LogP) is 3.84. The van der Waals surface area contributed by atoms with Crippen molar-refractivity contribution < 1.29 is 9.18 Å². The SMILES string of the molecule is Cc1cc(F)cc2c1C(=O)N(c1cccc3cccnc13)C2. The van der Waals surface area contributed by atoms with E-state index >= 15 is 0 Å². The Labute approximate surface area is 127 Å². The number of hydrogen-bond acceptors (Lipinski definition) is 2. The number of halogens is 1. The smallest absolute Gasteiger partial charge is 0.259 e. The van der Waals surface area contributed by atoms with Crippen LogP contribution in [0.25, 0.3) is 10.9 Å². The van der Waals surface area contributed by atoms with Gasteiger partial charge < -0.3 is 4.90 Å². The number of aromatic nitrogens is 1. The van der Waals surface area contributed by atoms with Gasteiger partial charge in [0.25, 0.3) is 5.91 Å². The first-order valence-electron chi connectivity index (χ1n) is 7.10. The monoisotopic (exact) mass is 292 g/mol. The van der Waals surface area contributed by atoms with Crippen molar-refractivity contribution in [1.82, 2.24) is 4.98 Å². The minimum absolute atomic E-state index is 0.0920. The van der Waals surface area contributed by atoms with E-state index in [1.807, 2.05) is 30.3 Å². The van der Waals surface area contributed by atoms with E-state index in [-0.39, 0.29) is 11.7 Å². The van der Waals surface area contributed by atoms with Crippen LogP contribution in [0.15, 0.2) is 48.7 Å². The lowest BCUT2D eigenvalue weighted by molar-refractivity contribution is 0.0996. The van der Waals surface area contributed by atoms with E-state index in [1.165, 1.54) is 12.1 Å². The summed E-state index contributed by atoms with van der Waals surface area (Å²) in [7, 11) is 0. The van der Waals surface area contributed by atoms with Crippen LogP contribution in [0.1, 0.15) is 21.5 Å². The van der Waals surface area contributed by atoms with E-state index in [0.29, 0.717) is 17.7 Å². The van der Waals surface area contributed by atoms with Gasteiger partial charge in [0.05, 0.1) is 17.7 Å². The van der Waals surface area contributed by atoms with Gasteiger partial charge in [-0.25, -0.2) is 4.39 Å². The molecule has 4 heteroatoms. The quantitative estimate of drug-likeness (QED) is 0.682. The minimum atomic E-state index is -0.304. The molecule has 0 saturated heterocycles. The molecule has 1 amide bonds. The zero-order valence-electron chi connectivity index (χ0n) is 12.0. The highest BCUT2D eigenvalue weighted by Gasteiger charge is 2.31. The van der Waals surface area contributed by atoms with Crippen molar-refractivity contribution in [2.75, 3.05) is 4.90 Å². The van der Waals surface area contributed by atoms with Gasteiger partial charge in [-0.3, -0.25) is 9.78 Å². The van der Waals surface area contributed by atoms with E-state index in [1.54, 1.807) is 18.0 Å². The summed E-state index contributed by atoms with van der Waals surface area (Å²) < 4.78 is 13.6. The molecular formula is C18H13FN2O. The molecule has 3 aromatic rings. The fourth-order valence-electron chi connectivity index (χ4n) is 3.12. The molecule has 0 unspecified atom stereocenters. The van der Waals surface area contributed by atoms with Crippen LogP contribution in [0.4, 0.5) is 10.1 Å². The van der Waals surface area contributed by atoms with Gasteiger partial charge in [0.1, 0.15) is 5.82 Å². The fraction of sp³-hybridized carbons (Fsp3) is 0.111. The van der Waals surface area contributed by atoms with Crippen LogP contribution in [0, 0.1) is 12.7 Å². The van der Waals surface area contributed by atoms with Gasteiger partial charge in [-0.1, -0.05) is 18.2 Å². The number of nitrogens with zero attached hydrogens (tertiary/aromatic N) is 2. The van der Waals surface area contributed by atoms with Gasteiger partial charge in [-0.05, 0) is 42.3 Å². The Kier molecular flexibility index (Phi) is 2.73. The number of amides is 1. The van der Waals surface area contributed by atoms with Crippen LogP contribution >= 0.6 is 0 Å². The molecule has 2 aromatic carbocycles. The standard InChI is InChI=1S/C18H13FN2O/c1-11-8-14(19)9-13-10-21(18(22)16(11)13)15-6-2-4-12-5-3-7-20-17(12)15/h2-9H,10H2,1H3. The van der Waals surface area contributed by atoms with Crippen molar-refractivity contribution >= 4 is 22.5 Å². The molecule has 0 N–H and O–H groups in total. The van der Waals surface area contributed by atoms with Crippen LogP contribution in [0.3, 0.4) is 0 Å². The Bertz CT molecular complexity index is 915. The van der Waals surface area contributed by atoms with Crippen molar-refractivity contribution in [1.29, 1.82) is 0 Å². The number of anilines is 1. The molecule has 1 aromatic heterocycles. The van der Waals surface area contributed by atoms with Crippen LogP contribution in [-0.2, 0) is 6.54 Å². The lowest BCUT2D eigenvalue weighted by atomic mass is 10.0. The first-order chi connectivity index (χ1) is 10.6. The topological polar surface area (TPSA) is 33.2 Å². The zero-order valence-corrected chi connectivity index (χ0v) is 12.0. The second-order valence-corrected chi connectivity index (χ2v) is 5.50. The predicted molar refractivity (Wildman–Crippen MR) is 83.4 cm³/mol. The van der Waals surface area contributed by atoms with Crippen molar-refractivity contribution in [3.63, 3.8) is 0 Å². The van der Waals surface area contributed by atoms with Gasteiger partial charge >= 0.3 is 0 Å². The molecule has 22 heavy (non-hydrogen) atoms. The third-order valence-corrected chi connectivity index (χ3v) is 4.07. The van der Waals surface area contributed by atoms with Gasteiger partial charge in [0.15, 0.2) is 0 Å². The molecule has 0 saturated carbocycles. The van der Waals surface area contributed by atoms with Gasteiger partial charge in [0, 0.05) is 17.1 Å². The van der Waals surface area contributed by atoms with Crippen molar-refractivity contribution in [3.05, 3.63) is 71.2 Å². The lowest BCUT2D eigenvalue weighted by Gasteiger charge is -2.17. The second-order valence-electron chi connectivity index (χ2n) is 5.50. The van der Waals surface area contributed by atoms with Crippen LogP contribution in [0.2, 0.25) is 0 Å². The van der Waals surface area contributed by atoms with E-state index in [9.17, 15) is 9.18 Å². The highest BCUT2D eigenvalue weighted by molar-refractivity contribution is 6.13. The Morgan fingerprint density at radius 1 is 1.18 bits per heavy atom. The Hall–Kier alpha value is -2.75. The van der Waals surface area contributed by atoms with E-state index in [2.05, 4.69) is 4.98 Å². The van der Waals surface area contributed by atoms with Gasteiger partial charge in [-0.2, -0.15) is 0 Å². The summed E-state index contributed by atoms with van der Waals surface area (Å²) in [5.41, 5.74) is 3.56. The number of hydrogen-bond donors (Lipinski definition) is 0. The van der Waals surface area contributed by atoms with Gasteiger partial charge in [0.2, 0.25) is 0 Å². The van der Waals surface area contributed by atoms with Crippen molar-refractivity contribution in [2.45, 2.75) is 13.5 Å². The van der Waals surface area contributed by atoms with E-state index < -0.39 is 0 Å². The normalized spacial score (nSPS) is 13.7. The van der Waals surface area contributed by atoms with E-state index in [4.69, 9.17) is 0 Å². The molecule has 1 aliphatic rings. The Morgan fingerprint density at radius 2 is 2.00 bits per heavy atom. The highest BCUT2D eigenvalue weighted by Crippen LogP contribution is 2.34. The van der Waals surface area contributed by atoms with E-state index in [0.717, 1.165) is 22.2 Å². The molecule has 0 atom stereocenters. The van der Waals surface area contributed by atoms with Crippen LogP contribution in [-0.4, -0.2) is 10.9 Å². The summed E-state index contributed by atoms with van der Waals surface area (Å²) in [6, 6.07) is 12.4. The number of para-hydroxylation sites is 1. The summed E-state index contributed by atoms with van der Waals surface area (Å²) in [5.74, 6) is -0.396. The molecule has 0 fully saturated rings. The Balaban J connectivity index is 1.88. The van der Waals surface area contributed by atoms with Crippen LogP contribution in [0.5, 0.6) is 0 Å². The number of pyridine rings is 1. The number of carbonyl (C=O) groups is 1. The third-order valence-electron chi connectivity index (χ3n) is 4.07. The maximum atomic E-state index is 13.6. The van der Waals surface area contributed by atoms with Crippen molar-refractivity contribution in [3.8, 4) is 0 Å².